The van der Waals surface area contributed by atoms with E-state index in [1.165, 1.54) is 29.2 Å². The number of nitrogens with zero attached hydrogens (tertiary/aromatic N) is 3. The summed E-state index contributed by atoms with van der Waals surface area (Å²) in [6.07, 6.45) is 6.80. The van der Waals surface area contributed by atoms with Gasteiger partial charge in [-0.1, -0.05) is 60.5 Å². The van der Waals surface area contributed by atoms with Crippen LogP contribution in [0.1, 0.15) is 68.9 Å². The molecule has 0 spiro atoms. The van der Waals surface area contributed by atoms with E-state index in [1.807, 2.05) is 43.3 Å². The summed E-state index contributed by atoms with van der Waals surface area (Å²) in [6.45, 7) is 6.50. The van der Waals surface area contributed by atoms with Gasteiger partial charge in [-0.25, -0.2) is 9.59 Å². The highest BCUT2D eigenvalue weighted by molar-refractivity contribution is 6.03. The van der Waals surface area contributed by atoms with Crippen molar-refractivity contribution in [2.24, 2.45) is 22.9 Å². The highest BCUT2D eigenvalue weighted by atomic mass is 16.7. The minimum Gasteiger partial charge on any atom is -0.459 e. The molecule has 1 saturated carbocycles. The van der Waals surface area contributed by atoms with Crippen molar-refractivity contribution < 1.29 is 48.5 Å². The smallest absolute Gasteiger partial charge is 0.415 e. The molecule has 3 aromatic carbocycles. The molecular formula is C45H54N4O11. The van der Waals surface area contributed by atoms with Gasteiger partial charge in [0.2, 0.25) is 5.79 Å². The predicted molar refractivity (Wildman–Crippen MR) is 223 cm³/mol. The van der Waals surface area contributed by atoms with Gasteiger partial charge in [0.15, 0.2) is 0 Å². The Kier molecular flexibility index (Phi) is 14.9. The summed E-state index contributed by atoms with van der Waals surface area (Å²) < 4.78 is 25.6. The zero-order valence-electron chi connectivity index (χ0n) is 34.1. The van der Waals surface area contributed by atoms with Crippen LogP contribution < -0.4 is 19.5 Å². The number of nitro groups is 1. The van der Waals surface area contributed by atoms with Gasteiger partial charge in [0.25, 0.3) is 5.69 Å². The number of aliphatic hydroxyl groups is 2. The Morgan fingerprint density at radius 3 is 2.42 bits per heavy atom. The van der Waals surface area contributed by atoms with Crippen LogP contribution >= 0.6 is 0 Å². The van der Waals surface area contributed by atoms with E-state index < -0.39 is 34.9 Å². The second-order valence-corrected chi connectivity index (χ2v) is 15.1. The van der Waals surface area contributed by atoms with Crippen LogP contribution in [0.25, 0.3) is 0 Å². The van der Waals surface area contributed by atoms with E-state index in [4.69, 9.17) is 23.8 Å². The molecule has 3 aromatic rings. The first-order valence-electron chi connectivity index (χ1n) is 20.5. The van der Waals surface area contributed by atoms with E-state index in [2.05, 4.69) is 23.1 Å². The normalized spacial score (nSPS) is 23.2. The Balaban J connectivity index is 1.47. The maximum absolute atomic E-state index is 14.1. The molecule has 6 atom stereocenters. The van der Waals surface area contributed by atoms with Crippen LogP contribution in [0.4, 0.5) is 15.3 Å². The van der Waals surface area contributed by atoms with Crippen LogP contribution in [-0.2, 0) is 16.1 Å². The number of hydrogen-bond donors (Lipinski definition) is 3. The molecule has 3 aliphatic rings. The average Bonchev–Trinajstić information content (AvgIpc) is 3.25. The Morgan fingerprint density at radius 1 is 1.02 bits per heavy atom. The van der Waals surface area contributed by atoms with Crippen molar-refractivity contribution in [3.63, 3.8) is 0 Å². The molecule has 6 rings (SSSR count). The summed E-state index contributed by atoms with van der Waals surface area (Å²) in [5.41, 5.74) is 3.00. The molecule has 0 saturated heterocycles. The van der Waals surface area contributed by atoms with Gasteiger partial charge in [0.1, 0.15) is 29.9 Å². The van der Waals surface area contributed by atoms with Crippen molar-refractivity contribution in [3.8, 4) is 17.2 Å². The van der Waals surface area contributed by atoms with E-state index in [0.29, 0.717) is 36.7 Å². The Morgan fingerprint density at radius 2 is 1.73 bits per heavy atom. The fourth-order valence-electron chi connectivity index (χ4n) is 8.78. The number of unbranched alkanes of at least 4 members (excludes halogenated alkanes) is 2. The molecule has 0 unspecified atom stereocenters. The van der Waals surface area contributed by atoms with E-state index in [1.54, 1.807) is 25.3 Å². The molecule has 1 aliphatic heterocycles. The number of carbonyl (C=O) groups excluding carboxylic acids is 2. The van der Waals surface area contributed by atoms with Gasteiger partial charge < -0.3 is 44.2 Å². The molecule has 0 radical (unpaired) electrons. The molecule has 2 amide bonds. The lowest BCUT2D eigenvalue weighted by atomic mass is 9.55. The first-order chi connectivity index (χ1) is 29.1. The van der Waals surface area contributed by atoms with Crippen LogP contribution in [0, 0.1) is 27.9 Å². The number of likely N-dealkylation sites (N-methyl/N-ethyl adjacent to an activating group) is 1. The minimum absolute atomic E-state index is 0.00139. The molecule has 15 nitrogen and oxygen atoms in total. The molecule has 1 heterocycles. The van der Waals surface area contributed by atoms with Crippen molar-refractivity contribution in [1.29, 1.82) is 0 Å². The van der Waals surface area contributed by atoms with Crippen LogP contribution in [0.15, 0.2) is 102 Å². The van der Waals surface area contributed by atoms with Crippen molar-refractivity contribution in [1.82, 2.24) is 10.2 Å². The topological polar surface area (TPSA) is 192 Å². The number of nitrogens with one attached hydrogen (secondary N) is 1. The largest absolute Gasteiger partial charge is 0.459 e. The monoisotopic (exact) mass is 826 g/mol. The lowest BCUT2D eigenvalue weighted by molar-refractivity contribution is -0.384. The number of non-ortho nitro benzene ring substituents is 1. The van der Waals surface area contributed by atoms with Gasteiger partial charge in [-0.2, -0.15) is 0 Å². The van der Waals surface area contributed by atoms with Crippen LogP contribution in [-0.4, -0.2) is 83.2 Å². The summed E-state index contributed by atoms with van der Waals surface area (Å²) in [5, 5.41) is 38.4. The van der Waals surface area contributed by atoms with Crippen molar-refractivity contribution in [2.45, 2.75) is 76.2 Å². The highest BCUT2D eigenvalue weighted by Crippen LogP contribution is 2.61. The van der Waals surface area contributed by atoms with Crippen molar-refractivity contribution in [2.75, 3.05) is 33.5 Å². The molecule has 1 fully saturated rings. The minimum atomic E-state index is -1.53. The molecule has 15 heteroatoms. The molecule has 60 heavy (non-hydrogen) atoms. The second kappa shape index (κ2) is 20.5. The third-order valence-electron chi connectivity index (χ3n) is 11.4. The number of nitro benzene ring substituents is 1. The van der Waals surface area contributed by atoms with Crippen LogP contribution in [0.5, 0.6) is 17.2 Å². The zero-order valence-corrected chi connectivity index (χ0v) is 34.1. The lowest BCUT2D eigenvalue weighted by Crippen LogP contribution is -2.69. The van der Waals surface area contributed by atoms with Gasteiger partial charge >= 0.3 is 12.2 Å². The van der Waals surface area contributed by atoms with Gasteiger partial charge in [-0.05, 0) is 85.9 Å². The van der Waals surface area contributed by atoms with Crippen LogP contribution in [0.3, 0.4) is 0 Å². The maximum Gasteiger partial charge on any atom is 0.415 e. The molecule has 320 valence electrons. The second-order valence-electron chi connectivity index (χ2n) is 15.1. The maximum atomic E-state index is 14.1. The summed E-state index contributed by atoms with van der Waals surface area (Å²) in [5.74, 6) is -1.62. The number of benzene rings is 3. The van der Waals surface area contributed by atoms with Crippen LogP contribution in [0.2, 0.25) is 0 Å². The number of ether oxygens (including phenoxy) is 4. The molecular weight excluding hydrogens is 773 g/mol. The number of allylic oxidation sites excluding steroid dienone is 1. The number of oxime groups is 1. The van der Waals surface area contributed by atoms with E-state index in [9.17, 15) is 29.9 Å². The van der Waals surface area contributed by atoms with Gasteiger partial charge in [0.05, 0.1) is 23.2 Å². The van der Waals surface area contributed by atoms with Gasteiger partial charge in [0, 0.05) is 56.8 Å². The number of aliphatic hydroxyl groups excluding tert-OH is 2. The fraction of sp³-hybridized carbons (Fsp3) is 0.444. The molecule has 0 aromatic heterocycles. The average molecular weight is 827 g/mol. The Hall–Kier alpha value is -5.77. The molecule has 0 bridgehead atoms. The number of hydrogen-bond acceptors (Lipinski definition) is 12. The highest BCUT2D eigenvalue weighted by Gasteiger charge is 2.65. The Labute approximate surface area is 349 Å². The number of amides is 2. The molecule has 2 aliphatic carbocycles. The SMILES string of the molecule is C=CCO[C@@]12Oc3ccc(OC(=O)NCc4ccccc4)cc3[C@H]3[C@H](CCCCO)[C@@H](CCCCO)C=C(C(=NOCC)C[C@@H]1N(C)C(=O)Oc1ccc([N+](=O)[O-])cc1)[C@H]32. The van der Waals surface area contributed by atoms with Crippen molar-refractivity contribution >= 4 is 23.6 Å². The first kappa shape index (κ1) is 43.8. The number of fused-ring (bicyclic) bond motifs is 2. The van der Waals surface area contributed by atoms with Gasteiger partial charge in [-0.15, -0.1) is 6.58 Å². The van der Waals surface area contributed by atoms with Gasteiger partial charge in [-0.3, -0.25) is 10.1 Å². The first-order valence-corrected chi connectivity index (χ1v) is 20.5. The summed E-state index contributed by atoms with van der Waals surface area (Å²) in [6, 6.07) is 19.1. The zero-order chi connectivity index (χ0) is 42.6. The number of rotatable bonds is 19. The van der Waals surface area contributed by atoms with E-state index in [-0.39, 0.29) is 62.0 Å². The third kappa shape index (κ3) is 9.81. The van der Waals surface area contributed by atoms with E-state index >= 15 is 0 Å². The quantitative estimate of drug-likeness (QED) is 0.0465. The predicted octanol–water partition coefficient (Wildman–Crippen LogP) is 7.67. The standard InChI is InChI=1S/C45H54N4O11/c1-4-25-56-45-40(48(3)44(53)59-33-19-17-32(18-20-33)49(54)55)28-38(47-57-5-2)36-26-31(15-9-11-23-50)35(16-10-12-24-51)41(42(36)45)37-27-34(21-22-39(37)60-45)58-43(52)46-29-30-13-7-6-8-14-30/h4,6-8,13-14,17-22,26-27,31,35,40-42,50-51H,1,5,9-12,15-16,23-25,28-29H2,2-3H3,(H,46,52)/t31-,35+,40-,41+,42+,45+/m0/s1. The summed E-state index contributed by atoms with van der Waals surface area (Å²) in [7, 11) is 1.59. The fourth-order valence-corrected chi connectivity index (χ4v) is 8.78. The lowest BCUT2D eigenvalue weighted by Gasteiger charge is -2.59. The number of carbonyl (C=O) groups is 2. The van der Waals surface area contributed by atoms with E-state index in [0.717, 1.165) is 42.4 Å². The third-order valence-corrected chi connectivity index (χ3v) is 11.4. The summed E-state index contributed by atoms with van der Waals surface area (Å²) in [4.78, 5) is 45.2. The Bertz CT molecular complexity index is 2020. The molecule has 3 N–H and O–H groups in total. The summed E-state index contributed by atoms with van der Waals surface area (Å²) >= 11 is 0. The van der Waals surface area contributed by atoms with Crippen molar-refractivity contribution in [3.05, 3.63) is 118 Å².